The maximum Gasteiger partial charge on any atom is 0.137 e. The summed E-state index contributed by atoms with van der Waals surface area (Å²) < 4.78 is 15.4. The van der Waals surface area contributed by atoms with E-state index in [1.54, 1.807) is 25.3 Å². The summed E-state index contributed by atoms with van der Waals surface area (Å²) in [7, 11) is 1.76. The fourth-order valence-corrected chi connectivity index (χ4v) is 3.42. The number of halogens is 2. The van der Waals surface area contributed by atoms with E-state index in [1.807, 2.05) is 26.2 Å². The molecule has 2 rings (SSSR count). The molecule has 1 aromatic carbocycles. The van der Waals surface area contributed by atoms with Crippen LogP contribution in [0.5, 0.6) is 0 Å². The Hall–Kier alpha value is -2.11. The second-order valence-electron chi connectivity index (χ2n) is 6.56. The first-order valence-electron chi connectivity index (χ1n) is 8.65. The molecule has 0 aliphatic carbocycles. The van der Waals surface area contributed by atoms with Crippen LogP contribution in [0.25, 0.3) is 5.57 Å². The lowest BCUT2D eigenvalue weighted by Crippen LogP contribution is -2.17. The monoisotopic (exact) mass is 405 g/mol. The summed E-state index contributed by atoms with van der Waals surface area (Å²) in [4.78, 5) is 4.51. The second-order valence-corrected chi connectivity index (χ2v) is 7.82. The van der Waals surface area contributed by atoms with Crippen molar-refractivity contribution in [1.82, 2.24) is 15.6 Å². The van der Waals surface area contributed by atoms with Crippen LogP contribution in [-0.4, -0.2) is 12.0 Å². The molecule has 0 atom stereocenters. The lowest BCUT2D eigenvalue weighted by atomic mass is 10.0. The van der Waals surface area contributed by atoms with Crippen molar-refractivity contribution in [2.24, 2.45) is 5.92 Å². The summed E-state index contributed by atoms with van der Waals surface area (Å²) in [5.41, 5.74) is 3.84. The van der Waals surface area contributed by atoms with Crippen LogP contribution in [0.1, 0.15) is 35.7 Å². The highest BCUT2D eigenvalue weighted by atomic mass is 35.5. The second kappa shape index (κ2) is 9.20. The van der Waals surface area contributed by atoms with Crippen molar-refractivity contribution in [3.8, 4) is 0 Å². The summed E-state index contributed by atoms with van der Waals surface area (Å²) in [6.45, 7) is 14.2. The highest BCUT2D eigenvalue weighted by molar-refractivity contribution is 7.10. The molecule has 6 heteroatoms. The molecule has 0 saturated carbocycles. The fraction of sp³-hybridized carbons (Fsp3) is 0.286. The Bertz CT molecular complexity index is 884. The SMILES string of the molecule is C=C(/C=C(/c1nc(C)cs1)c1c(Cl)ccc(CNC(=C)C(C)C)c1F)NC. The van der Waals surface area contributed by atoms with E-state index in [2.05, 4.69) is 28.8 Å². The van der Waals surface area contributed by atoms with Gasteiger partial charge >= 0.3 is 0 Å². The maximum atomic E-state index is 15.4. The molecule has 0 unspecified atom stereocenters. The van der Waals surface area contributed by atoms with Crippen molar-refractivity contribution >= 4 is 28.5 Å². The number of nitrogens with one attached hydrogen (secondary N) is 2. The molecule has 0 spiro atoms. The summed E-state index contributed by atoms with van der Waals surface area (Å²) >= 11 is 7.85. The first-order valence-corrected chi connectivity index (χ1v) is 9.91. The third kappa shape index (κ3) is 5.21. The molecule has 0 aliphatic heterocycles. The quantitative estimate of drug-likeness (QED) is 0.555. The topological polar surface area (TPSA) is 37.0 Å². The minimum atomic E-state index is -0.366. The van der Waals surface area contributed by atoms with Gasteiger partial charge in [0.05, 0.1) is 5.02 Å². The van der Waals surface area contributed by atoms with Crippen LogP contribution in [0.4, 0.5) is 4.39 Å². The molecular weight excluding hydrogens is 381 g/mol. The van der Waals surface area contributed by atoms with Gasteiger partial charge in [-0.05, 0) is 25.0 Å². The van der Waals surface area contributed by atoms with E-state index in [4.69, 9.17) is 11.6 Å². The Morgan fingerprint density at radius 2 is 2.07 bits per heavy atom. The molecule has 1 aromatic heterocycles. The van der Waals surface area contributed by atoms with E-state index in [0.717, 1.165) is 11.4 Å². The van der Waals surface area contributed by atoms with E-state index in [0.29, 0.717) is 39.0 Å². The van der Waals surface area contributed by atoms with E-state index >= 15 is 4.39 Å². The summed E-state index contributed by atoms with van der Waals surface area (Å²) in [5.74, 6) is -0.0953. The Balaban J connectivity index is 2.52. The number of hydrogen-bond donors (Lipinski definition) is 2. The number of aryl methyl sites for hydroxylation is 1. The number of allylic oxidation sites excluding steroid dienone is 2. The standard InChI is InChI=1S/C21H25ClFN3S/c1-12(2)15(5)25-10-16-7-8-18(22)19(20(16)23)17(9-13(3)24-6)21-26-14(4)11-27-21/h7-9,11-12,24-25H,3,5,10H2,1-2,4,6H3/b17-9+. The fourth-order valence-electron chi connectivity index (χ4n) is 2.36. The van der Waals surface area contributed by atoms with Gasteiger partial charge in [0.2, 0.25) is 0 Å². The van der Waals surface area contributed by atoms with Crippen molar-refractivity contribution in [1.29, 1.82) is 0 Å². The molecule has 2 aromatic rings. The van der Waals surface area contributed by atoms with Crippen molar-refractivity contribution in [2.75, 3.05) is 7.05 Å². The maximum absolute atomic E-state index is 15.4. The van der Waals surface area contributed by atoms with Crippen LogP contribution in [0, 0.1) is 18.7 Å². The Kier molecular flexibility index (Phi) is 7.22. The molecule has 0 aliphatic rings. The number of rotatable bonds is 8. The van der Waals surface area contributed by atoms with Gasteiger partial charge in [0.1, 0.15) is 10.8 Å². The van der Waals surface area contributed by atoms with Crippen LogP contribution in [-0.2, 0) is 6.54 Å². The first-order chi connectivity index (χ1) is 12.7. The van der Waals surface area contributed by atoms with Crippen molar-refractivity contribution in [3.05, 3.63) is 80.8 Å². The van der Waals surface area contributed by atoms with Crippen LogP contribution in [0.15, 0.2) is 48.1 Å². The molecule has 0 amide bonds. The van der Waals surface area contributed by atoms with Gasteiger partial charge in [-0.2, -0.15) is 0 Å². The largest absolute Gasteiger partial charge is 0.389 e. The number of hydrogen-bond acceptors (Lipinski definition) is 4. The first kappa shape index (κ1) is 21.2. The summed E-state index contributed by atoms with van der Waals surface area (Å²) in [6, 6.07) is 3.41. The van der Waals surface area contributed by atoms with Gasteiger partial charge in [-0.3, -0.25) is 0 Å². The highest BCUT2D eigenvalue weighted by Crippen LogP contribution is 2.35. The third-order valence-electron chi connectivity index (χ3n) is 4.13. The molecule has 2 N–H and O–H groups in total. The van der Waals surface area contributed by atoms with Crippen LogP contribution >= 0.6 is 22.9 Å². The summed E-state index contributed by atoms with van der Waals surface area (Å²) in [5, 5.41) is 9.10. The van der Waals surface area contributed by atoms with E-state index in [-0.39, 0.29) is 11.7 Å². The van der Waals surface area contributed by atoms with Crippen molar-refractivity contribution < 1.29 is 4.39 Å². The summed E-state index contributed by atoms with van der Waals surface area (Å²) in [6.07, 6.45) is 1.77. The van der Waals surface area contributed by atoms with E-state index in [1.165, 1.54) is 11.3 Å². The number of thiazole rings is 1. The number of aromatic nitrogens is 1. The third-order valence-corrected chi connectivity index (χ3v) is 5.44. The van der Waals surface area contributed by atoms with E-state index < -0.39 is 0 Å². The zero-order chi connectivity index (χ0) is 20.1. The molecule has 0 radical (unpaired) electrons. The molecular formula is C21H25ClFN3S. The zero-order valence-electron chi connectivity index (χ0n) is 16.1. The smallest absolute Gasteiger partial charge is 0.137 e. The molecule has 0 saturated heterocycles. The van der Waals surface area contributed by atoms with Crippen LogP contribution < -0.4 is 10.6 Å². The van der Waals surface area contributed by atoms with Gasteiger partial charge in [-0.15, -0.1) is 11.3 Å². The average molecular weight is 406 g/mol. The Labute approximate surface area is 169 Å². The van der Waals surface area contributed by atoms with Crippen molar-refractivity contribution in [3.63, 3.8) is 0 Å². The van der Waals surface area contributed by atoms with Crippen LogP contribution in [0.3, 0.4) is 0 Å². The normalized spacial score (nSPS) is 11.6. The lowest BCUT2D eigenvalue weighted by Gasteiger charge is -2.16. The molecule has 27 heavy (non-hydrogen) atoms. The van der Waals surface area contributed by atoms with Gasteiger partial charge in [0, 0.05) is 52.8 Å². The highest BCUT2D eigenvalue weighted by Gasteiger charge is 2.20. The van der Waals surface area contributed by atoms with Crippen LogP contribution in [0.2, 0.25) is 5.02 Å². The minimum Gasteiger partial charge on any atom is -0.389 e. The van der Waals surface area contributed by atoms with Gasteiger partial charge < -0.3 is 10.6 Å². The number of benzene rings is 1. The Morgan fingerprint density at radius 3 is 2.63 bits per heavy atom. The average Bonchev–Trinajstić information content (AvgIpc) is 3.05. The zero-order valence-corrected chi connectivity index (χ0v) is 17.7. The van der Waals surface area contributed by atoms with Gasteiger partial charge in [-0.1, -0.05) is 44.7 Å². The molecule has 0 bridgehead atoms. The van der Waals surface area contributed by atoms with Gasteiger partial charge in [0.25, 0.3) is 0 Å². The van der Waals surface area contributed by atoms with Gasteiger partial charge in [-0.25, -0.2) is 9.37 Å². The number of likely N-dealkylation sites (N-methyl/N-ethyl adjacent to an activating group) is 1. The van der Waals surface area contributed by atoms with E-state index in [9.17, 15) is 0 Å². The lowest BCUT2D eigenvalue weighted by molar-refractivity contribution is 0.586. The minimum absolute atomic E-state index is 0.271. The molecule has 1 heterocycles. The van der Waals surface area contributed by atoms with Crippen molar-refractivity contribution in [2.45, 2.75) is 27.3 Å². The predicted molar refractivity (Wildman–Crippen MR) is 114 cm³/mol. The Morgan fingerprint density at radius 1 is 1.37 bits per heavy atom. The van der Waals surface area contributed by atoms with Gasteiger partial charge in [0.15, 0.2) is 0 Å². The molecule has 3 nitrogen and oxygen atoms in total. The molecule has 0 fully saturated rings. The predicted octanol–water partition coefficient (Wildman–Crippen LogP) is 5.67. The molecule has 144 valence electrons. The number of nitrogens with zero attached hydrogens (tertiary/aromatic N) is 1.